The number of nitro groups is 1. The van der Waals surface area contributed by atoms with Gasteiger partial charge in [-0.05, 0) is 12.1 Å². The van der Waals surface area contributed by atoms with E-state index in [1.165, 1.54) is 12.1 Å². The molecule has 3 rings (SSSR count). The molecule has 0 aliphatic rings. The Balaban J connectivity index is 2.07. The van der Waals surface area contributed by atoms with Gasteiger partial charge < -0.3 is 4.98 Å². The first-order chi connectivity index (χ1) is 11.6. The molecule has 1 heterocycles. The molecule has 0 aliphatic heterocycles. The molecule has 0 radical (unpaired) electrons. The van der Waals surface area contributed by atoms with E-state index in [-0.39, 0.29) is 12.3 Å². The lowest BCUT2D eigenvalue weighted by molar-refractivity contribution is -0.384. The van der Waals surface area contributed by atoms with Gasteiger partial charge in [0.15, 0.2) is 0 Å². The van der Waals surface area contributed by atoms with Crippen molar-refractivity contribution in [3.8, 4) is 22.6 Å². The van der Waals surface area contributed by atoms with Gasteiger partial charge in [0, 0.05) is 28.3 Å². The summed E-state index contributed by atoms with van der Waals surface area (Å²) in [6.07, 6.45) is 0. The fourth-order valence-electron chi connectivity index (χ4n) is 2.33. The second-order valence-corrected chi connectivity index (χ2v) is 5.44. The zero-order valence-electron chi connectivity index (χ0n) is 12.3. The summed E-state index contributed by atoms with van der Waals surface area (Å²) in [6.45, 7) is -0.0973. The van der Waals surface area contributed by atoms with Crippen LogP contribution in [0.2, 0.25) is 5.02 Å². The molecule has 8 heteroatoms. The predicted molar refractivity (Wildman–Crippen MR) is 88.5 cm³/mol. The zero-order chi connectivity index (χ0) is 17.1. The quantitative estimate of drug-likeness (QED) is 0.408. The monoisotopic (exact) mass is 345 g/mol. The van der Waals surface area contributed by atoms with Crippen molar-refractivity contribution in [2.45, 2.75) is 6.61 Å². The lowest BCUT2D eigenvalue weighted by Gasteiger charge is -2.00. The molecule has 0 fully saturated rings. The van der Waals surface area contributed by atoms with E-state index in [2.05, 4.69) is 14.9 Å². The van der Waals surface area contributed by atoms with Crippen molar-refractivity contribution >= 4 is 17.3 Å². The molecule has 2 N–H and O–H groups in total. The summed E-state index contributed by atoms with van der Waals surface area (Å²) < 4.78 is 0. The fourth-order valence-corrected chi connectivity index (χ4v) is 2.45. The fraction of sp³-hybridized carbons (Fsp3) is 0.0625. The van der Waals surface area contributed by atoms with Crippen LogP contribution in [0.4, 0.5) is 5.69 Å². The molecule has 0 atom stereocenters. The second kappa shape index (κ2) is 6.79. The molecule has 7 nitrogen and oxygen atoms in total. The highest BCUT2D eigenvalue weighted by Crippen LogP contribution is 2.29. The first-order valence-electron chi connectivity index (χ1n) is 6.94. The Labute approximate surface area is 141 Å². The van der Waals surface area contributed by atoms with Crippen LogP contribution in [0.3, 0.4) is 0 Å². The number of aromatic nitrogens is 2. The lowest BCUT2D eigenvalue weighted by atomic mass is 10.1. The van der Waals surface area contributed by atoms with Crippen LogP contribution in [-0.4, -0.2) is 20.1 Å². The highest BCUT2D eigenvalue weighted by molar-refractivity contribution is 6.30. The summed E-state index contributed by atoms with van der Waals surface area (Å²) in [5.41, 5.74) is 2.42. The topological polar surface area (TPSA) is 101 Å². The van der Waals surface area contributed by atoms with Gasteiger partial charge in [-0.25, -0.2) is 9.87 Å². The summed E-state index contributed by atoms with van der Waals surface area (Å²) >= 11 is 5.89. The molecule has 0 bridgehead atoms. The number of H-pyrrole nitrogens is 1. The van der Waals surface area contributed by atoms with E-state index in [4.69, 9.17) is 16.9 Å². The van der Waals surface area contributed by atoms with Crippen LogP contribution in [0.5, 0.6) is 0 Å². The molecule has 0 saturated carbocycles. The first-order valence-corrected chi connectivity index (χ1v) is 7.32. The number of halogens is 1. The Kier molecular flexibility index (Phi) is 4.57. The molecule has 122 valence electrons. The maximum absolute atomic E-state index is 10.9. The van der Waals surface area contributed by atoms with E-state index >= 15 is 0 Å². The molecule has 3 aromatic rings. The summed E-state index contributed by atoms with van der Waals surface area (Å²) in [7, 11) is 0. The summed E-state index contributed by atoms with van der Waals surface area (Å²) in [4.78, 5) is 22.2. The molecule has 2 aromatic carbocycles. The van der Waals surface area contributed by atoms with Crippen LogP contribution in [0.1, 0.15) is 5.69 Å². The third-order valence-electron chi connectivity index (χ3n) is 3.44. The molecule has 1 aromatic heterocycles. The number of imidazole rings is 1. The highest BCUT2D eigenvalue weighted by Gasteiger charge is 2.15. The van der Waals surface area contributed by atoms with E-state index in [1.807, 2.05) is 0 Å². The molecular weight excluding hydrogens is 334 g/mol. The number of hydrogen-bond donors (Lipinski definition) is 2. The lowest BCUT2D eigenvalue weighted by Crippen LogP contribution is -1.91. The van der Waals surface area contributed by atoms with Crippen molar-refractivity contribution in [2.75, 3.05) is 0 Å². The molecule has 0 spiro atoms. The minimum Gasteiger partial charge on any atom is -0.339 e. The molecular formula is C16H12ClN3O4. The van der Waals surface area contributed by atoms with E-state index in [1.54, 1.807) is 36.4 Å². The van der Waals surface area contributed by atoms with Gasteiger partial charge in [-0.15, -0.1) is 0 Å². The normalized spacial score (nSPS) is 10.8. The maximum atomic E-state index is 10.9. The third kappa shape index (κ3) is 3.28. The Bertz CT molecular complexity index is 877. The number of rotatable bonds is 5. The van der Waals surface area contributed by atoms with Crippen molar-refractivity contribution in [3.63, 3.8) is 0 Å². The van der Waals surface area contributed by atoms with Crippen LogP contribution >= 0.6 is 11.6 Å². The van der Waals surface area contributed by atoms with Crippen molar-refractivity contribution in [1.82, 2.24) is 9.97 Å². The van der Waals surface area contributed by atoms with Crippen molar-refractivity contribution in [3.05, 3.63) is 69.4 Å². The Hall–Kier alpha value is -2.74. The van der Waals surface area contributed by atoms with Gasteiger partial charge in [0.05, 0.1) is 16.3 Å². The second-order valence-electron chi connectivity index (χ2n) is 5.00. The Morgan fingerprint density at radius 3 is 2.62 bits per heavy atom. The van der Waals surface area contributed by atoms with Crippen LogP contribution in [0, 0.1) is 10.1 Å². The Morgan fingerprint density at radius 2 is 1.96 bits per heavy atom. The number of hydrogen-bond acceptors (Lipinski definition) is 5. The van der Waals surface area contributed by atoms with Gasteiger partial charge >= 0.3 is 0 Å². The zero-order valence-corrected chi connectivity index (χ0v) is 13.0. The molecule has 0 aliphatic carbocycles. The molecule has 0 saturated heterocycles. The average Bonchev–Trinajstić information content (AvgIpc) is 3.00. The molecule has 24 heavy (non-hydrogen) atoms. The number of nitrogens with zero attached hydrogens (tertiary/aromatic N) is 2. The van der Waals surface area contributed by atoms with Gasteiger partial charge in [0.25, 0.3) is 5.69 Å². The number of nitrogens with one attached hydrogen (secondary N) is 1. The van der Waals surface area contributed by atoms with Crippen LogP contribution in [0.25, 0.3) is 22.6 Å². The summed E-state index contributed by atoms with van der Waals surface area (Å²) in [6, 6.07) is 13.1. The molecule has 0 amide bonds. The summed E-state index contributed by atoms with van der Waals surface area (Å²) in [5.74, 6) is 0.440. The minimum absolute atomic E-state index is 0.0306. The van der Waals surface area contributed by atoms with Gasteiger partial charge in [-0.3, -0.25) is 15.4 Å². The smallest absolute Gasteiger partial charge is 0.270 e. The largest absolute Gasteiger partial charge is 0.339 e. The van der Waals surface area contributed by atoms with Gasteiger partial charge in [0.1, 0.15) is 12.4 Å². The van der Waals surface area contributed by atoms with Crippen molar-refractivity contribution in [1.29, 1.82) is 0 Å². The SMILES string of the molecule is O=[N+]([O-])c1cccc(-c2nc(-c3ccc(Cl)cc3)c(COO)[nH]2)c1. The number of aromatic amines is 1. The third-order valence-corrected chi connectivity index (χ3v) is 3.69. The number of non-ortho nitro benzene ring substituents is 1. The summed E-state index contributed by atoms with van der Waals surface area (Å²) in [5, 5.41) is 20.3. The first kappa shape index (κ1) is 16.1. The van der Waals surface area contributed by atoms with E-state index in [0.717, 1.165) is 5.56 Å². The van der Waals surface area contributed by atoms with Gasteiger partial charge in [-0.1, -0.05) is 35.9 Å². The number of nitro benzene ring substituents is 1. The highest BCUT2D eigenvalue weighted by atomic mass is 35.5. The van der Waals surface area contributed by atoms with Gasteiger partial charge in [-0.2, -0.15) is 0 Å². The van der Waals surface area contributed by atoms with Crippen LogP contribution < -0.4 is 0 Å². The molecule has 0 unspecified atom stereocenters. The standard InChI is InChI=1S/C16H12ClN3O4/c17-12-6-4-10(5-7-12)15-14(9-24-23)18-16(19-15)11-2-1-3-13(8-11)20(21)22/h1-8,23H,9H2,(H,18,19). The van der Waals surface area contributed by atoms with E-state index < -0.39 is 4.92 Å². The minimum atomic E-state index is -0.468. The van der Waals surface area contributed by atoms with Crippen LogP contribution in [-0.2, 0) is 11.5 Å². The van der Waals surface area contributed by atoms with Crippen molar-refractivity contribution in [2.24, 2.45) is 0 Å². The van der Waals surface area contributed by atoms with E-state index in [0.29, 0.717) is 27.8 Å². The van der Waals surface area contributed by atoms with Crippen molar-refractivity contribution < 1.29 is 15.1 Å². The number of benzene rings is 2. The Morgan fingerprint density at radius 1 is 1.21 bits per heavy atom. The van der Waals surface area contributed by atoms with E-state index in [9.17, 15) is 10.1 Å². The maximum Gasteiger partial charge on any atom is 0.270 e. The predicted octanol–water partition coefficient (Wildman–Crippen LogP) is 4.29. The van der Waals surface area contributed by atoms with Crippen LogP contribution in [0.15, 0.2) is 48.5 Å². The van der Waals surface area contributed by atoms with Gasteiger partial charge in [0.2, 0.25) is 0 Å². The average molecular weight is 346 g/mol.